The van der Waals surface area contributed by atoms with Gasteiger partial charge in [-0.25, -0.2) is 4.39 Å². The van der Waals surface area contributed by atoms with Crippen LogP contribution in [0.2, 0.25) is 0 Å². The van der Waals surface area contributed by atoms with Gasteiger partial charge in [-0.1, -0.05) is 6.07 Å². The zero-order chi connectivity index (χ0) is 9.26. The number of hydrogen-bond donors (Lipinski definition) is 1. The number of rotatable bonds is 1. The van der Waals surface area contributed by atoms with E-state index in [-0.39, 0.29) is 5.82 Å². The average Bonchev–Trinajstić information content (AvgIpc) is 2.62. The number of aromatic amines is 1. The number of H-pyrrole nitrogens is 1. The van der Waals surface area contributed by atoms with E-state index >= 15 is 0 Å². The van der Waals surface area contributed by atoms with Crippen molar-refractivity contribution >= 4 is 15.9 Å². The van der Waals surface area contributed by atoms with Crippen LogP contribution < -0.4 is 0 Å². The lowest BCUT2D eigenvalue weighted by Crippen LogP contribution is -1.81. The van der Waals surface area contributed by atoms with E-state index in [4.69, 9.17) is 0 Å². The molecule has 2 aromatic rings. The zero-order valence-corrected chi connectivity index (χ0v) is 8.18. The highest BCUT2D eigenvalue weighted by Crippen LogP contribution is 2.22. The van der Waals surface area contributed by atoms with Gasteiger partial charge in [0, 0.05) is 11.8 Å². The quantitative estimate of drug-likeness (QED) is 0.816. The van der Waals surface area contributed by atoms with E-state index < -0.39 is 0 Å². The molecule has 0 saturated carbocycles. The third kappa shape index (κ3) is 1.62. The zero-order valence-electron chi connectivity index (χ0n) is 6.59. The molecule has 1 aromatic heterocycles. The van der Waals surface area contributed by atoms with Crippen LogP contribution in [0.4, 0.5) is 4.39 Å². The number of hydrogen-bond acceptors (Lipinski definition) is 1. The highest BCUT2D eigenvalue weighted by atomic mass is 79.9. The molecule has 0 amide bonds. The largest absolute Gasteiger partial charge is 0.278 e. The van der Waals surface area contributed by atoms with Gasteiger partial charge >= 0.3 is 0 Å². The average molecular weight is 241 g/mol. The van der Waals surface area contributed by atoms with E-state index in [1.165, 1.54) is 6.07 Å². The van der Waals surface area contributed by atoms with Gasteiger partial charge in [-0.15, -0.1) is 0 Å². The molecule has 0 radical (unpaired) electrons. The topological polar surface area (TPSA) is 28.7 Å². The predicted molar refractivity (Wildman–Crippen MR) is 51.7 cm³/mol. The molecule has 0 aliphatic heterocycles. The predicted octanol–water partition coefficient (Wildman–Crippen LogP) is 2.98. The summed E-state index contributed by atoms with van der Waals surface area (Å²) >= 11 is 3.09. The minimum absolute atomic E-state index is 0.271. The molecule has 0 fully saturated rings. The van der Waals surface area contributed by atoms with Gasteiger partial charge in [0.2, 0.25) is 0 Å². The molecule has 1 heterocycles. The Balaban J connectivity index is 2.49. The van der Waals surface area contributed by atoms with Crippen LogP contribution in [0.5, 0.6) is 0 Å². The molecule has 13 heavy (non-hydrogen) atoms. The van der Waals surface area contributed by atoms with Crippen molar-refractivity contribution in [2.24, 2.45) is 0 Å². The van der Waals surface area contributed by atoms with E-state index in [9.17, 15) is 4.39 Å². The number of nitrogens with zero attached hydrogens (tertiary/aromatic N) is 1. The van der Waals surface area contributed by atoms with Gasteiger partial charge in [-0.05, 0) is 34.1 Å². The van der Waals surface area contributed by atoms with Crippen molar-refractivity contribution in [1.29, 1.82) is 0 Å². The molecule has 66 valence electrons. The molecule has 0 bridgehead atoms. The van der Waals surface area contributed by atoms with Crippen LogP contribution in [0, 0.1) is 5.82 Å². The third-order valence-electron chi connectivity index (χ3n) is 1.73. The lowest BCUT2D eigenvalue weighted by atomic mass is 10.1. The molecule has 2 rings (SSSR count). The summed E-state index contributed by atoms with van der Waals surface area (Å²) < 4.78 is 13.6. The molecule has 1 N–H and O–H groups in total. The Morgan fingerprint density at radius 1 is 1.31 bits per heavy atom. The van der Waals surface area contributed by atoms with Crippen molar-refractivity contribution in [3.63, 3.8) is 0 Å². The minimum Gasteiger partial charge on any atom is -0.278 e. The van der Waals surface area contributed by atoms with Gasteiger partial charge in [0.1, 0.15) is 5.82 Å². The molecule has 0 aliphatic rings. The van der Waals surface area contributed by atoms with Gasteiger partial charge < -0.3 is 0 Å². The Morgan fingerprint density at radius 2 is 2.15 bits per heavy atom. The first-order valence-corrected chi connectivity index (χ1v) is 4.51. The van der Waals surface area contributed by atoms with Crippen LogP contribution in [0.25, 0.3) is 11.3 Å². The fourth-order valence-corrected chi connectivity index (χ4v) is 1.33. The molecule has 0 aliphatic carbocycles. The Kier molecular flexibility index (Phi) is 2.14. The van der Waals surface area contributed by atoms with Crippen LogP contribution in [0.3, 0.4) is 0 Å². The van der Waals surface area contributed by atoms with Crippen LogP contribution in [0.1, 0.15) is 0 Å². The first-order chi connectivity index (χ1) is 6.27. The summed E-state index contributed by atoms with van der Waals surface area (Å²) in [4.78, 5) is 0. The van der Waals surface area contributed by atoms with Crippen LogP contribution in [-0.2, 0) is 0 Å². The fourth-order valence-electron chi connectivity index (χ4n) is 1.08. The monoisotopic (exact) mass is 240 g/mol. The Bertz CT molecular complexity index is 412. The number of halogens is 2. The molecule has 1 aromatic carbocycles. The highest BCUT2D eigenvalue weighted by molar-refractivity contribution is 9.10. The van der Waals surface area contributed by atoms with Crippen LogP contribution >= 0.6 is 15.9 Å². The second-order valence-corrected chi connectivity index (χ2v) is 3.45. The van der Waals surface area contributed by atoms with Gasteiger partial charge in [0.15, 0.2) is 0 Å². The number of nitrogens with one attached hydrogen (secondary N) is 1. The minimum atomic E-state index is -0.271. The third-order valence-corrected chi connectivity index (χ3v) is 2.37. The van der Waals surface area contributed by atoms with E-state index in [2.05, 4.69) is 26.1 Å². The summed E-state index contributed by atoms with van der Waals surface area (Å²) in [6.45, 7) is 0. The van der Waals surface area contributed by atoms with E-state index in [1.54, 1.807) is 18.3 Å². The molecule has 0 spiro atoms. The Morgan fingerprint density at radius 3 is 2.77 bits per heavy atom. The molecule has 0 atom stereocenters. The second kappa shape index (κ2) is 3.30. The van der Waals surface area contributed by atoms with Crippen molar-refractivity contribution in [2.45, 2.75) is 0 Å². The maximum Gasteiger partial charge on any atom is 0.138 e. The SMILES string of the molecule is Fc1cc(-c2ccn[nH]2)ccc1Br. The summed E-state index contributed by atoms with van der Waals surface area (Å²) in [7, 11) is 0. The van der Waals surface area contributed by atoms with Crippen molar-refractivity contribution in [2.75, 3.05) is 0 Å². The smallest absolute Gasteiger partial charge is 0.138 e. The molecule has 2 nitrogen and oxygen atoms in total. The maximum absolute atomic E-state index is 13.1. The summed E-state index contributed by atoms with van der Waals surface area (Å²) in [5, 5.41) is 6.56. The summed E-state index contributed by atoms with van der Waals surface area (Å²) in [5.74, 6) is -0.271. The number of benzene rings is 1. The normalized spacial score (nSPS) is 10.3. The van der Waals surface area contributed by atoms with Crippen molar-refractivity contribution in [3.8, 4) is 11.3 Å². The van der Waals surface area contributed by atoms with Gasteiger partial charge in [0.05, 0.1) is 10.2 Å². The summed E-state index contributed by atoms with van der Waals surface area (Å²) in [6.07, 6.45) is 1.63. The van der Waals surface area contributed by atoms with Gasteiger partial charge in [-0.3, -0.25) is 5.10 Å². The number of aromatic nitrogens is 2. The first kappa shape index (κ1) is 8.44. The maximum atomic E-state index is 13.1. The van der Waals surface area contributed by atoms with E-state index in [1.807, 2.05) is 6.07 Å². The lowest BCUT2D eigenvalue weighted by molar-refractivity contribution is 0.621. The molecule has 0 saturated heterocycles. The molecular formula is C9H6BrFN2. The first-order valence-electron chi connectivity index (χ1n) is 3.72. The van der Waals surface area contributed by atoms with Crippen LogP contribution in [0.15, 0.2) is 34.9 Å². The Hall–Kier alpha value is -1.16. The van der Waals surface area contributed by atoms with E-state index in [0.29, 0.717) is 4.47 Å². The van der Waals surface area contributed by atoms with Crippen LogP contribution in [-0.4, -0.2) is 10.2 Å². The Labute approximate surface area is 82.9 Å². The standard InChI is InChI=1S/C9H6BrFN2/c10-7-2-1-6(5-8(7)11)9-3-4-12-13-9/h1-5H,(H,12,13). The molecule has 4 heteroatoms. The van der Waals surface area contributed by atoms with Crippen molar-refractivity contribution < 1.29 is 4.39 Å². The van der Waals surface area contributed by atoms with Crippen molar-refractivity contribution in [1.82, 2.24) is 10.2 Å². The summed E-state index contributed by atoms with van der Waals surface area (Å²) in [5.41, 5.74) is 1.60. The van der Waals surface area contributed by atoms with Gasteiger partial charge in [-0.2, -0.15) is 5.10 Å². The van der Waals surface area contributed by atoms with Crippen molar-refractivity contribution in [3.05, 3.63) is 40.8 Å². The fraction of sp³-hybridized carbons (Fsp3) is 0. The summed E-state index contributed by atoms with van der Waals surface area (Å²) in [6, 6.07) is 6.74. The highest BCUT2D eigenvalue weighted by Gasteiger charge is 2.02. The lowest BCUT2D eigenvalue weighted by Gasteiger charge is -1.98. The molecular weight excluding hydrogens is 235 g/mol. The van der Waals surface area contributed by atoms with Gasteiger partial charge in [0.25, 0.3) is 0 Å². The second-order valence-electron chi connectivity index (χ2n) is 2.60. The molecule has 0 unspecified atom stereocenters. The van der Waals surface area contributed by atoms with E-state index in [0.717, 1.165) is 11.3 Å².